The van der Waals surface area contributed by atoms with Gasteiger partial charge in [0.1, 0.15) is 0 Å². The number of benzene rings is 1. The average Bonchev–Trinajstić information content (AvgIpc) is 2.57. The molecule has 7 heteroatoms. The fourth-order valence-electron chi connectivity index (χ4n) is 2.06. The molecule has 0 aromatic heterocycles. The van der Waals surface area contributed by atoms with Gasteiger partial charge in [-0.1, -0.05) is 6.08 Å². The summed E-state index contributed by atoms with van der Waals surface area (Å²) in [5, 5.41) is 2.78. The highest BCUT2D eigenvalue weighted by atomic mass is 16.5. The van der Waals surface area contributed by atoms with Crippen LogP contribution in [0.1, 0.15) is 30.1 Å². The Morgan fingerprint density at radius 1 is 1.24 bits per heavy atom. The van der Waals surface area contributed by atoms with Crippen molar-refractivity contribution < 1.29 is 19.1 Å². The largest absolute Gasteiger partial charge is 0.463 e. The molecule has 0 fully saturated rings. The van der Waals surface area contributed by atoms with Gasteiger partial charge in [0, 0.05) is 43.9 Å². The third-order valence-corrected chi connectivity index (χ3v) is 3.42. The molecule has 7 nitrogen and oxygen atoms in total. The Hall–Kier alpha value is -2.83. The molecule has 136 valence electrons. The lowest BCUT2D eigenvalue weighted by Gasteiger charge is -2.16. The molecule has 0 unspecified atom stereocenters. The van der Waals surface area contributed by atoms with Crippen LogP contribution in [0.5, 0.6) is 0 Å². The number of nitrogens with two attached hydrogens (primary N) is 1. The maximum atomic E-state index is 12.4. The Morgan fingerprint density at radius 2 is 1.88 bits per heavy atom. The zero-order chi connectivity index (χ0) is 18.8. The molecule has 0 saturated heterocycles. The lowest BCUT2D eigenvalue weighted by molar-refractivity contribution is -0.137. The van der Waals surface area contributed by atoms with Crippen LogP contribution >= 0.6 is 0 Å². The number of amides is 2. The summed E-state index contributed by atoms with van der Waals surface area (Å²) < 4.78 is 4.81. The van der Waals surface area contributed by atoms with E-state index >= 15 is 0 Å². The monoisotopic (exact) mass is 347 g/mol. The molecule has 0 bridgehead atoms. The Morgan fingerprint density at radius 3 is 2.40 bits per heavy atom. The normalized spacial score (nSPS) is 11.8. The summed E-state index contributed by atoms with van der Waals surface area (Å²) >= 11 is 0. The second-order valence-electron chi connectivity index (χ2n) is 5.64. The Balaban J connectivity index is 2.78. The summed E-state index contributed by atoms with van der Waals surface area (Å²) in [6.45, 7) is 1.97. The summed E-state index contributed by atoms with van der Waals surface area (Å²) in [5.74, 6) is -1.27. The molecular weight excluding hydrogens is 322 g/mol. The number of hydrogen-bond donors (Lipinski definition) is 2. The Bertz CT molecular complexity index is 624. The van der Waals surface area contributed by atoms with Crippen molar-refractivity contribution in [3.05, 3.63) is 42.0 Å². The first-order chi connectivity index (χ1) is 11.8. The number of nitrogens with one attached hydrogen (secondary N) is 1. The van der Waals surface area contributed by atoms with Crippen LogP contribution in [-0.4, -0.2) is 44.5 Å². The first kappa shape index (κ1) is 20.2. The number of carbonyl (C=O) groups is 3. The van der Waals surface area contributed by atoms with Crippen LogP contribution in [0.4, 0.5) is 5.69 Å². The van der Waals surface area contributed by atoms with Crippen LogP contribution in [0.25, 0.3) is 0 Å². The van der Waals surface area contributed by atoms with Gasteiger partial charge >= 0.3 is 5.97 Å². The number of nitrogens with zero attached hydrogens (tertiary/aromatic N) is 1. The maximum absolute atomic E-state index is 12.4. The van der Waals surface area contributed by atoms with Gasteiger partial charge in [0.2, 0.25) is 5.91 Å². The zero-order valence-corrected chi connectivity index (χ0v) is 14.8. The molecule has 1 atom stereocenters. The first-order valence-corrected chi connectivity index (χ1v) is 8.05. The number of rotatable bonds is 9. The topological polar surface area (TPSA) is 102 Å². The summed E-state index contributed by atoms with van der Waals surface area (Å²) in [5.41, 5.74) is 6.62. The van der Waals surface area contributed by atoms with Crippen molar-refractivity contribution in [2.75, 3.05) is 25.6 Å². The van der Waals surface area contributed by atoms with E-state index < -0.39 is 17.9 Å². The van der Waals surface area contributed by atoms with Crippen LogP contribution in [-0.2, 0) is 14.3 Å². The fourth-order valence-corrected chi connectivity index (χ4v) is 2.06. The van der Waals surface area contributed by atoms with Crippen molar-refractivity contribution >= 4 is 23.5 Å². The minimum absolute atomic E-state index is 0.0949. The van der Waals surface area contributed by atoms with Gasteiger partial charge in [-0.15, -0.1) is 0 Å². The lowest BCUT2D eigenvalue weighted by atomic mass is 10.1. The number of hydrogen-bond acceptors (Lipinski definition) is 5. The van der Waals surface area contributed by atoms with E-state index in [2.05, 4.69) is 5.32 Å². The molecule has 0 heterocycles. The van der Waals surface area contributed by atoms with Crippen molar-refractivity contribution in [1.82, 2.24) is 5.32 Å². The van der Waals surface area contributed by atoms with Crippen molar-refractivity contribution in [2.45, 2.75) is 25.8 Å². The molecule has 3 N–H and O–H groups in total. The maximum Gasteiger partial charge on any atom is 0.330 e. The number of carbonyl (C=O) groups excluding carboxylic acids is 3. The molecule has 0 aliphatic rings. The minimum Gasteiger partial charge on any atom is -0.463 e. The quantitative estimate of drug-likeness (QED) is 0.517. The number of esters is 1. The predicted molar refractivity (Wildman–Crippen MR) is 96.2 cm³/mol. The molecular formula is C18H25N3O4. The highest BCUT2D eigenvalue weighted by Crippen LogP contribution is 2.12. The molecule has 2 amide bonds. The summed E-state index contributed by atoms with van der Waals surface area (Å²) in [6, 6.07) is 6.59. The van der Waals surface area contributed by atoms with E-state index in [0.717, 1.165) is 5.69 Å². The molecule has 1 aromatic rings. The van der Waals surface area contributed by atoms with Gasteiger partial charge < -0.3 is 20.7 Å². The van der Waals surface area contributed by atoms with Gasteiger partial charge in [-0.25, -0.2) is 4.79 Å². The first-order valence-electron chi connectivity index (χ1n) is 8.05. The lowest BCUT2D eigenvalue weighted by Crippen LogP contribution is -2.34. The number of primary amides is 1. The smallest absolute Gasteiger partial charge is 0.330 e. The average molecular weight is 347 g/mol. The molecule has 0 aliphatic carbocycles. The highest BCUT2D eigenvalue weighted by Gasteiger charge is 2.13. The van der Waals surface area contributed by atoms with E-state index in [0.29, 0.717) is 12.0 Å². The second-order valence-corrected chi connectivity index (χ2v) is 5.64. The molecule has 0 saturated carbocycles. The van der Waals surface area contributed by atoms with Crippen LogP contribution in [0, 0.1) is 0 Å². The van der Waals surface area contributed by atoms with E-state index in [4.69, 9.17) is 10.5 Å². The van der Waals surface area contributed by atoms with Crippen LogP contribution in [0.2, 0.25) is 0 Å². The number of ether oxygens (including phenoxy) is 1. The van der Waals surface area contributed by atoms with Crippen LogP contribution in [0.15, 0.2) is 36.4 Å². The van der Waals surface area contributed by atoms with Gasteiger partial charge in [0.05, 0.1) is 6.61 Å². The third-order valence-electron chi connectivity index (χ3n) is 3.42. The van der Waals surface area contributed by atoms with Crippen LogP contribution in [0.3, 0.4) is 0 Å². The molecule has 0 spiro atoms. The van der Waals surface area contributed by atoms with Crippen molar-refractivity contribution in [3.63, 3.8) is 0 Å². The Kier molecular flexibility index (Phi) is 8.18. The van der Waals surface area contributed by atoms with E-state index in [1.807, 2.05) is 31.1 Å². The van der Waals surface area contributed by atoms with Gasteiger partial charge in [0.15, 0.2) is 0 Å². The van der Waals surface area contributed by atoms with Gasteiger partial charge in [0.25, 0.3) is 5.91 Å². The molecule has 0 radical (unpaired) electrons. The van der Waals surface area contributed by atoms with E-state index in [9.17, 15) is 14.4 Å². The highest BCUT2D eigenvalue weighted by molar-refractivity contribution is 5.95. The third kappa shape index (κ3) is 7.52. The minimum atomic E-state index is -0.504. The van der Waals surface area contributed by atoms with Gasteiger partial charge in [-0.3, -0.25) is 9.59 Å². The molecule has 25 heavy (non-hydrogen) atoms. The van der Waals surface area contributed by atoms with Crippen molar-refractivity contribution in [2.24, 2.45) is 5.73 Å². The standard InChI is InChI=1S/C18H25N3O4/c1-4-25-17(23)12-8-14(7-11-16(19)22)20-18(24)13-5-9-15(10-6-13)21(2)3/h5-6,8-10,12,14H,4,7,11H2,1-3H3,(H2,19,22)(H,20,24)/b12-8+/t14-/m0/s1. The number of anilines is 1. The second kappa shape index (κ2) is 10.1. The SMILES string of the molecule is CCOC(=O)/C=C/[C@H](CCC(N)=O)NC(=O)c1ccc(N(C)C)cc1. The van der Waals surface area contributed by atoms with Gasteiger partial charge in [-0.05, 0) is 37.6 Å². The predicted octanol–water partition coefficient (Wildman–Crippen LogP) is 1.24. The van der Waals surface area contributed by atoms with E-state index in [1.165, 1.54) is 12.2 Å². The van der Waals surface area contributed by atoms with Crippen molar-refractivity contribution in [1.29, 1.82) is 0 Å². The van der Waals surface area contributed by atoms with Gasteiger partial charge in [-0.2, -0.15) is 0 Å². The molecule has 1 rings (SSSR count). The Labute approximate surface area is 147 Å². The van der Waals surface area contributed by atoms with Crippen LogP contribution < -0.4 is 16.0 Å². The van der Waals surface area contributed by atoms with E-state index in [1.54, 1.807) is 19.1 Å². The molecule has 1 aromatic carbocycles. The van der Waals surface area contributed by atoms with E-state index in [-0.39, 0.29) is 18.9 Å². The summed E-state index contributed by atoms with van der Waals surface area (Å²) in [7, 11) is 3.82. The zero-order valence-electron chi connectivity index (χ0n) is 14.8. The fraction of sp³-hybridized carbons (Fsp3) is 0.389. The summed E-state index contributed by atoms with van der Waals surface area (Å²) in [4.78, 5) is 36.7. The molecule has 0 aliphatic heterocycles. The van der Waals surface area contributed by atoms with Crippen molar-refractivity contribution in [3.8, 4) is 0 Å². The summed E-state index contributed by atoms with van der Waals surface area (Å²) in [6.07, 6.45) is 3.14.